The van der Waals surface area contributed by atoms with Gasteiger partial charge in [-0.05, 0) is 93.2 Å². The van der Waals surface area contributed by atoms with Gasteiger partial charge in [0.2, 0.25) is 5.75 Å². The van der Waals surface area contributed by atoms with E-state index in [-0.39, 0.29) is 23.0 Å². The van der Waals surface area contributed by atoms with Crippen molar-refractivity contribution >= 4 is 0 Å². The lowest BCUT2D eigenvalue weighted by Crippen LogP contribution is -1.92. The fourth-order valence-electron chi connectivity index (χ4n) is 4.09. The van der Waals surface area contributed by atoms with Gasteiger partial charge >= 0.3 is 0 Å². The molecule has 0 amide bonds. The van der Waals surface area contributed by atoms with Gasteiger partial charge in [-0.1, -0.05) is 43.6 Å². The molecule has 0 atom stereocenters. The molecule has 4 nitrogen and oxygen atoms in total. The first-order valence-corrected chi connectivity index (χ1v) is 12.0. The summed E-state index contributed by atoms with van der Waals surface area (Å²) in [5, 5.41) is 31.0. The molecule has 2 aromatic rings. The Hall–Kier alpha value is -2.88. The third-order valence-corrected chi connectivity index (χ3v) is 5.81. The molecule has 3 N–H and O–H groups in total. The molecule has 2 aromatic carbocycles. The van der Waals surface area contributed by atoms with Crippen LogP contribution < -0.4 is 4.74 Å². The Morgan fingerprint density at radius 3 is 1.78 bits per heavy atom. The van der Waals surface area contributed by atoms with Crippen molar-refractivity contribution in [2.75, 3.05) is 0 Å². The molecule has 2 aliphatic rings. The van der Waals surface area contributed by atoms with E-state index in [1.54, 1.807) is 18.2 Å². The number of aryl methyl sites for hydroxylation is 2. The Morgan fingerprint density at radius 2 is 1.12 bits per heavy atom. The smallest absolute Gasteiger partial charge is 0.210 e. The molecule has 0 radical (unpaired) electrons. The van der Waals surface area contributed by atoms with Gasteiger partial charge in [-0.2, -0.15) is 0 Å². The van der Waals surface area contributed by atoms with Crippen molar-refractivity contribution in [2.24, 2.45) is 0 Å². The van der Waals surface area contributed by atoms with Crippen molar-refractivity contribution in [1.82, 2.24) is 0 Å². The number of hydrogen-bond donors (Lipinski definition) is 3. The average molecular weight is 437 g/mol. The summed E-state index contributed by atoms with van der Waals surface area (Å²) in [6, 6.07) is 8.42. The van der Waals surface area contributed by atoms with Crippen LogP contribution in [0, 0.1) is 0 Å². The van der Waals surface area contributed by atoms with Crippen molar-refractivity contribution in [1.29, 1.82) is 0 Å². The van der Waals surface area contributed by atoms with Crippen molar-refractivity contribution in [2.45, 2.75) is 77.0 Å². The van der Waals surface area contributed by atoms with Crippen LogP contribution in [0.1, 0.15) is 75.3 Å². The first kappa shape index (κ1) is 23.8. The molecular formula is C28H36O4. The van der Waals surface area contributed by atoms with Crippen LogP contribution in [0.25, 0.3) is 0 Å². The normalized spacial score (nSPS) is 16.9. The largest absolute Gasteiger partial charge is 0.508 e. The fraction of sp³-hybridized carbons (Fsp3) is 0.429. The van der Waals surface area contributed by atoms with Crippen LogP contribution in [0.3, 0.4) is 0 Å². The SMILES string of the molecule is Oc1cc2cc(c1)Oc1c(O)cc(cc1O)CCCCCCC=CCC=CCCCCC2. The van der Waals surface area contributed by atoms with Crippen molar-refractivity contribution in [3.63, 3.8) is 0 Å². The zero-order valence-electron chi connectivity index (χ0n) is 18.9. The Morgan fingerprint density at radius 1 is 0.562 bits per heavy atom. The molecule has 0 aliphatic carbocycles. The van der Waals surface area contributed by atoms with Crippen LogP contribution in [0.15, 0.2) is 54.6 Å². The maximum Gasteiger partial charge on any atom is 0.210 e. The Labute approximate surface area is 191 Å². The Balaban J connectivity index is 1.71. The van der Waals surface area contributed by atoms with E-state index in [1.165, 1.54) is 18.9 Å². The molecule has 4 heteroatoms. The minimum Gasteiger partial charge on any atom is -0.508 e. The van der Waals surface area contributed by atoms with E-state index in [0.29, 0.717) is 5.75 Å². The Kier molecular flexibility index (Phi) is 9.55. The van der Waals surface area contributed by atoms with Crippen molar-refractivity contribution in [3.05, 3.63) is 65.8 Å². The molecule has 4 bridgehead atoms. The summed E-state index contributed by atoms with van der Waals surface area (Å²) in [5.41, 5.74) is 1.87. The van der Waals surface area contributed by atoms with Gasteiger partial charge in [0.25, 0.3) is 0 Å². The van der Waals surface area contributed by atoms with Crippen molar-refractivity contribution < 1.29 is 20.1 Å². The molecule has 32 heavy (non-hydrogen) atoms. The van der Waals surface area contributed by atoms with Crippen LogP contribution in [0.2, 0.25) is 0 Å². The molecule has 0 fully saturated rings. The monoisotopic (exact) mass is 436 g/mol. The predicted octanol–water partition coefficient (Wildman–Crippen LogP) is 7.71. The summed E-state index contributed by atoms with van der Waals surface area (Å²) in [4.78, 5) is 0. The lowest BCUT2D eigenvalue weighted by molar-refractivity contribution is 0.373. The number of benzene rings is 2. The summed E-state index contributed by atoms with van der Waals surface area (Å²) in [6.07, 6.45) is 21.7. The first-order chi connectivity index (χ1) is 15.6. The highest BCUT2D eigenvalue weighted by atomic mass is 16.5. The fourth-order valence-corrected chi connectivity index (χ4v) is 4.09. The maximum atomic E-state index is 10.4. The molecule has 172 valence electrons. The molecule has 0 unspecified atom stereocenters. The third kappa shape index (κ3) is 7.99. The van der Waals surface area contributed by atoms with Crippen LogP contribution in [0.4, 0.5) is 0 Å². The number of fused-ring (bicyclic) bond motifs is 15. The van der Waals surface area contributed by atoms with Gasteiger partial charge in [-0.25, -0.2) is 0 Å². The van der Waals surface area contributed by atoms with E-state index in [0.717, 1.165) is 75.3 Å². The molecule has 4 rings (SSSR count). The van der Waals surface area contributed by atoms with Gasteiger partial charge in [0, 0.05) is 6.07 Å². The summed E-state index contributed by atoms with van der Waals surface area (Å²) in [5.74, 6) is 0.378. The second kappa shape index (κ2) is 12.8. The number of allylic oxidation sites excluding steroid dienone is 4. The van der Waals surface area contributed by atoms with E-state index < -0.39 is 0 Å². The van der Waals surface area contributed by atoms with E-state index in [4.69, 9.17) is 4.74 Å². The average Bonchev–Trinajstić information content (AvgIpc) is 2.75. The molecule has 2 aliphatic heterocycles. The number of hydrogen-bond acceptors (Lipinski definition) is 4. The first-order valence-electron chi connectivity index (χ1n) is 12.0. The number of aromatic hydroxyl groups is 3. The molecule has 0 saturated carbocycles. The number of phenolic OH excluding ortho intramolecular Hbond substituents is 3. The van der Waals surface area contributed by atoms with E-state index in [9.17, 15) is 15.3 Å². The topological polar surface area (TPSA) is 69.9 Å². The van der Waals surface area contributed by atoms with Gasteiger partial charge in [0.15, 0.2) is 11.5 Å². The summed E-state index contributed by atoms with van der Waals surface area (Å²) < 4.78 is 5.78. The van der Waals surface area contributed by atoms with Gasteiger partial charge in [-0.15, -0.1) is 0 Å². The zero-order valence-corrected chi connectivity index (χ0v) is 18.9. The third-order valence-electron chi connectivity index (χ3n) is 5.81. The highest BCUT2D eigenvalue weighted by Gasteiger charge is 2.14. The summed E-state index contributed by atoms with van der Waals surface area (Å²) >= 11 is 0. The van der Waals surface area contributed by atoms with Crippen LogP contribution >= 0.6 is 0 Å². The number of rotatable bonds is 0. The highest BCUT2D eigenvalue weighted by Crippen LogP contribution is 2.41. The quantitative estimate of drug-likeness (QED) is 0.370. The second-order valence-electron chi connectivity index (χ2n) is 8.63. The van der Waals surface area contributed by atoms with Gasteiger partial charge < -0.3 is 20.1 Å². The van der Waals surface area contributed by atoms with E-state index in [1.807, 2.05) is 6.07 Å². The molecular weight excluding hydrogens is 400 g/mol. The zero-order chi connectivity index (χ0) is 22.6. The highest BCUT2D eigenvalue weighted by molar-refractivity contribution is 5.54. The van der Waals surface area contributed by atoms with Gasteiger partial charge in [-0.3, -0.25) is 0 Å². The summed E-state index contributed by atoms with van der Waals surface area (Å²) in [6.45, 7) is 0. The van der Waals surface area contributed by atoms with Crippen molar-refractivity contribution in [3.8, 4) is 28.7 Å². The molecule has 0 saturated heterocycles. The number of ether oxygens (including phenoxy) is 1. The van der Waals surface area contributed by atoms with Crippen LogP contribution in [-0.2, 0) is 12.8 Å². The van der Waals surface area contributed by atoms with Crippen LogP contribution in [-0.4, -0.2) is 15.3 Å². The van der Waals surface area contributed by atoms with Gasteiger partial charge in [0.05, 0.1) is 0 Å². The minimum atomic E-state index is -0.0856. The standard InChI is InChI=1S/C28H36O4/c29-24-17-22-15-13-11-9-7-5-3-1-2-4-6-8-10-12-14-16-23-19-26(30)28(27(31)20-23)32-25(18-22)21-24/h2-5,17-21,29-31H,1,6-16H2. The van der Waals surface area contributed by atoms with E-state index in [2.05, 4.69) is 24.3 Å². The van der Waals surface area contributed by atoms with E-state index >= 15 is 0 Å². The second-order valence-corrected chi connectivity index (χ2v) is 8.63. The molecule has 0 aromatic heterocycles. The van der Waals surface area contributed by atoms with Crippen LogP contribution in [0.5, 0.6) is 28.7 Å². The Bertz CT molecular complexity index is 891. The molecule has 0 spiro atoms. The lowest BCUT2D eigenvalue weighted by atomic mass is 10.0. The number of phenols is 3. The van der Waals surface area contributed by atoms with Gasteiger partial charge in [0.1, 0.15) is 11.5 Å². The summed E-state index contributed by atoms with van der Waals surface area (Å²) in [7, 11) is 0. The maximum absolute atomic E-state index is 10.4. The lowest BCUT2D eigenvalue weighted by Gasteiger charge is -2.13. The minimum absolute atomic E-state index is 0.0262. The predicted molar refractivity (Wildman–Crippen MR) is 130 cm³/mol. The molecule has 2 heterocycles.